The van der Waals surface area contributed by atoms with Gasteiger partial charge in [0.05, 0.1) is 6.07 Å². The van der Waals surface area contributed by atoms with Crippen molar-refractivity contribution in [2.75, 3.05) is 13.1 Å². The van der Waals surface area contributed by atoms with Gasteiger partial charge in [-0.25, -0.2) is 0 Å². The summed E-state index contributed by atoms with van der Waals surface area (Å²) in [4.78, 5) is 2.64. The third kappa shape index (κ3) is 2.52. The van der Waals surface area contributed by atoms with Crippen LogP contribution in [0, 0.1) is 22.7 Å². The molecule has 0 spiro atoms. The molecule has 84 valence electrons. The minimum Gasteiger partial charge on any atom is -0.299 e. The Kier molecular flexibility index (Phi) is 3.02. The van der Waals surface area contributed by atoms with Crippen LogP contribution >= 0.6 is 0 Å². The molecule has 1 saturated heterocycles. The van der Waals surface area contributed by atoms with Crippen LogP contribution in [0.3, 0.4) is 0 Å². The molecule has 2 rings (SSSR count). The maximum Gasteiger partial charge on any atom is 0.0624 e. The van der Waals surface area contributed by atoms with Crippen LogP contribution in [0.2, 0.25) is 0 Å². The first kappa shape index (κ1) is 11.0. The molecule has 2 fully saturated rings. The predicted molar refractivity (Wildman–Crippen MR) is 61.3 cm³/mol. The Bertz CT molecular complexity index is 248. The zero-order valence-corrected chi connectivity index (χ0v) is 10.00. The fourth-order valence-electron chi connectivity index (χ4n) is 3.15. The average molecular weight is 206 g/mol. The summed E-state index contributed by atoms with van der Waals surface area (Å²) in [6, 6.07) is 3.14. The zero-order chi connectivity index (χ0) is 10.9. The van der Waals surface area contributed by atoms with E-state index in [0.29, 0.717) is 11.3 Å². The summed E-state index contributed by atoms with van der Waals surface area (Å²) in [6.45, 7) is 7.26. The number of hydrogen-bond donors (Lipinski definition) is 0. The Morgan fingerprint density at radius 2 is 1.80 bits per heavy atom. The van der Waals surface area contributed by atoms with E-state index < -0.39 is 0 Å². The Hall–Kier alpha value is -0.550. The minimum absolute atomic E-state index is 0.559. The molecule has 1 saturated carbocycles. The standard InChI is InChI=1S/C13H22N2/c1-13(2)9-15(10-13)12-5-3-11(4-6-12)7-8-14/h11-12H,3-7,9-10H2,1-2H3. The van der Waals surface area contributed by atoms with Gasteiger partial charge in [0.2, 0.25) is 0 Å². The van der Waals surface area contributed by atoms with E-state index in [-0.39, 0.29) is 0 Å². The van der Waals surface area contributed by atoms with Gasteiger partial charge in [-0.15, -0.1) is 0 Å². The van der Waals surface area contributed by atoms with Gasteiger partial charge >= 0.3 is 0 Å². The van der Waals surface area contributed by atoms with Crippen LogP contribution in [-0.4, -0.2) is 24.0 Å². The Morgan fingerprint density at radius 1 is 1.20 bits per heavy atom. The van der Waals surface area contributed by atoms with Crippen molar-refractivity contribution < 1.29 is 0 Å². The summed E-state index contributed by atoms with van der Waals surface area (Å²) in [5.74, 6) is 0.695. The summed E-state index contributed by atoms with van der Waals surface area (Å²) in [6.07, 6.45) is 5.97. The van der Waals surface area contributed by atoms with E-state index in [2.05, 4.69) is 24.8 Å². The molecule has 2 nitrogen and oxygen atoms in total. The second-order valence-corrected chi connectivity index (χ2v) is 6.11. The van der Waals surface area contributed by atoms with Crippen molar-refractivity contribution in [3.8, 4) is 6.07 Å². The van der Waals surface area contributed by atoms with Crippen LogP contribution in [0.25, 0.3) is 0 Å². The first-order valence-corrected chi connectivity index (χ1v) is 6.22. The molecule has 1 heterocycles. The average Bonchev–Trinajstić information content (AvgIpc) is 2.16. The summed E-state index contributed by atoms with van der Waals surface area (Å²) in [7, 11) is 0. The number of nitriles is 1. The van der Waals surface area contributed by atoms with Crippen molar-refractivity contribution in [2.45, 2.75) is 52.0 Å². The first-order valence-electron chi connectivity index (χ1n) is 6.22. The fourth-order valence-corrected chi connectivity index (χ4v) is 3.15. The molecule has 0 aromatic rings. The van der Waals surface area contributed by atoms with Crippen molar-refractivity contribution >= 4 is 0 Å². The maximum absolute atomic E-state index is 8.66. The van der Waals surface area contributed by atoms with E-state index >= 15 is 0 Å². The van der Waals surface area contributed by atoms with Gasteiger partial charge in [0.25, 0.3) is 0 Å². The third-order valence-corrected chi connectivity index (χ3v) is 3.97. The molecule has 1 aliphatic heterocycles. The van der Waals surface area contributed by atoms with Gasteiger partial charge in [0.1, 0.15) is 0 Å². The molecule has 1 aliphatic carbocycles. The van der Waals surface area contributed by atoms with Crippen molar-refractivity contribution in [3.05, 3.63) is 0 Å². The van der Waals surface area contributed by atoms with Crippen LogP contribution in [0.4, 0.5) is 0 Å². The Balaban J connectivity index is 1.73. The molecule has 0 unspecified atom stereocenters. The van der Waals surface area contributed by atoms with E-state index in [1.165, 1.54) is 38.8 Å². The molecular weight excluding hydrogens is 184 g/mol. The smallest absolute Gasteiger partial charge is 0.0624 e. The van der Waals surface area contributed by atoms with Gasteiger partial charge in [0, 0.05) is 25.6 Å². The van der Waals surface area contributed by atoms with Gasteiger partial charge in [0.15, 0.2) is 0 Å². The normalized spacial score (nSPS) is 35.5. The molecule has 0 aromatic heterocycles. The van der Waals surface area contributed by atoms with E-state index in [1.54, 1.807) is 0 Å². The number of rotatable bonds is 2. The fraction of sp³-hybridized carbons (Fsp3) is 0.923. The highest BCUT2D eigenvalue weighted by atomic mass is 15.2. The highest BCUT2D eigenvalue weighted by Gasteiger charge is 2.39. The molecule has 0 radical (unpaired) electrons. The molecule has 0 amide bonds. The van der Waals surface area contributed by atoms with Crippen LogP contribution in [-0.2, 0) is 0 Å². The van der Waals surface area contributed by atoms with Crippen molar-refractivity contribution in [2.24, 2.45) is 11.3 Å². The lowest BCUT2D eigenvalue weighted by atomic mass is 9.78. The van der Waals surface area contributed by atoms with Gasteiger partial charge in [-0.05, 0) is 37.0 Å². The monoisotopic (exact) mass is 206 g/mol. The summed E-state index contributed by atoms with van der Waals surface area (Å²) < 4.78 is 0. The lowest BCUT2D eigenvalue weighted by Crippen LogP contribution is -2.57. The lowest BCUT2D eigenvalue weighted by molar-refractivity contribution is -0.0220. The number of likely N-dealkylation sites (tertiary alicyclic amines) is 1. The topological polar surface area (TPSA) is 27.0 Å². The molecular formula is C13H22N2. The molecule has 0 atom stereocenters. The van der Waals surface area contributed by atoms with Crippen molar-refractivity contribution in [1.29, 1.82) is 5.26 Å². The molecule has 2 heteroatoms. The molecule has 15 heavy (non-hydrogen) atoms. The van der Waals surface area contributed by atoms with Crippen molar-refractivity contribution in [1.82, 2.24) is 4.90 Å². The number of hydrogen-bond acceptors (Lipinski definition) is 2. The van der Waals surface area contributed by atoms with Gasteiger partial charge in [-0.2, -0.15) is 5.26 Å². The van der Waals surface area contributed by atoms with Crippen LogP contribution in [0.15, 0.2) is 0 Å². The number of nitrogens with zero attached hydrogens (tertiary/aromatic N) is 2. The maximum atomic E-state index is 8.66. The summed E-state index contributed by atoms with van der Waals surface area (Å²) in [5.41, 5.74) is 0.559. The predicted octanol–water partition coefficient (Wildman–Crippen LogP) is 2.80. The van der Waals surface area contributed by atoms with E-state index in [1.807, 2.05) is 0 Å². The second kappa shape index (κ2) is 4.14. The Morgan fingerprint density at radius 3 is 2.27 bits per heavy atom. The van der Waals surface area contributed by atoms with Crippen LogP contribution in [0.1, 0.15) is 46.0 Å². The third-order valence-electron chi connectivity index (χ3n) is 3.97. The van der Waals surface area contributed by atoms with E-state index in [9.17, 15) is 0 Å². The van der Waals surface area contributed by atoms with Gasteiger partial charge < -0.3 is 0 Å². The van der Waals surface area contributed by atoms with Crippen LogP contribution in [0.5, 0.6) is 0 Å². The quantitative estimate of drug-likeness (QED) is 0.694. The van der Waals surface area contributed by atoms with Gasteiger partial charge in [-0.1, -0.05) is 13.8 Å². The molecule has 0 N–H and O–H groups in total. The van der Waals surface area contributed by atoms with Gasteiger partial charge in [-0.3, -0.25) is 4.90 Å². The zero-order valence-electron chi connectivity index (χ0n) is 10.00. The second-order valence-electron chi connectivity index (χ2n) is 6.11. The highest BCUT2D eigenvalue weighted by molar-refractivity contribution is 4.93. The highest BCUT2D eigenvalue weighted by Crippen LogP contribution is 2.37. The first-order chi connectivity index (χ1) is 7.11. The SMILES string of the molecule is CC1(C)CN(C2CCC(CC#N)CC2)C1. The molecule has 0 bridgehead atoms. The summed E-state index contributed by atoms with van der Waals surface area (Å²) in [5, 5.41) is 8.66. The molecule has 2 aliphatic rings. The largest absolute Gasteiger partial charge is 0.299 e. The van der Waals surface area contributed by atoms with Crippen molar-refractivity contribution in [3.63, 3.8) is 0 Å². The Labute approximate surface area is 93.3 Å². The van der Waals surface area contributed by atoms with E-state index in [0.717, 1.165) is 12.5 Å². The lowest BCUT2D eigenvalue weighted by Gasteiger charge is -2.51. The molecule has 0 aromatic carbocycles. The van der Waals surface area contributed by atoms with E-state index in [4.69, 9.17) is 5.26 Å². The van der Waals surface area contributed by atoms with Crippen LogP contribution < -0.4 is 0 Å². The summed E-state index contributed by atoms with van der Waals surface area (Å²) >= 11 is 0. The minimum atomic E-state index is 0.559.